The van der Waals surface area contributed by atoms with E-state index in [9.17, 15) is 18.4 Å². The molecule has 3 aromatic carbocycles. The minimum atomic E-state index is -0.365. The van der Waals surface area contributed by atoms with Crippen LogP contribution in [-0.2, 0) is 4.79 Å². The van der Waals surface area contributed by atoms with Gasteiger partial charge in [-0.3, -0.25) is 14.2 Å². The van der Waals surface area contributed by atoms with Crippen molar-refractivity contribution in [3.63, 3.8) is 0 Å². The summed E-state index contributed by atoms with van der Waals surface area (Å²) >= 11 is 1.49. The van der Waals surface area contributed by atoms with E-state index in [0.29, 0.717) is 60.0 Å². The zero-order valence-electron chi connectivity index (χ0n) is 21.6. The first-order valence-corrected chi connectivity index (χ1v) is 14.2. The van der Waals surface area contributed by atoms with Gasteiger partial charge in [-0.2, -0.15) is 0 Å². The van der Waals surface area contributed by atoms with E-state index in [1.54, 1.807) is 36.4 Å². The molecule has 0 saturated carbocycles. The number of rotatable bonds is 9. The Hall–Kier alpha value is -3.72. The van der Waals surface area contributed by atoms with E-state index in [1.807, 2.05) is 28.0 Å². The number of carbonyl (C=O) groups excluding carboxylic acids is 1. The second-order valence-electron chi connectivity index (χ2n) is 9.51. The SMILES string of the molecule is O=C(CCCCCSc1nc2ccccc2c(=O)n1-c1ccc(F)cc1)N1CCN(c2ccccc2F)CC1. The Kier molecular flexibility index (Phi) is 8.56. The Labute approximate surface area is 230 Å². The van der Waals surface area contributed by atoms with Gasteiger partial charge in [0.05, 0.1) is 22.3 Å². The molecule has 0 unspecified atom stereocenters. The van der Waals surface area contributed by atoms with Crippen molar-refractivity contribution in [3.8, 4) is 5.69 Å². The summed E-state index contributed by atoms with van der Waals surface area (Å²) in [6.45, 7) is 2.44. The average Bonchev–Trinajstić information content (AvgIpc) is 2.96. The van der Waals surface area contributed by atoms with Crippen LogP contribution in [0.3, 0.4) is 0 Å². The van der Waals surface area contributed by atoms with E-state index in [-0.39, 0.29) is 23.1 Å². The van der Waals surface area contributed by atoms with E-state index < -0.39 is 0 Å². The van der Waals surface area contributed by atoms with Gasteiger partial charge in [-0.15, -0.1) is 0 Å². The van der Waals surface area contributed by atoms with E-state index in [0.717, 1.165) is 25.0 Å². The lowest BCUT2D eigenvalue weighted by molar-refractivity contribution is -0.131. The van der Waals surface area contributed by atoms with Crippen molar-refractivity contribution in [2.24, 2.45) is 0 Å². The molecule has 1 saturated heterocycles. The van der Waals surface area contributed by atoms with Crippen LogP contribution in [0.15, 0.2) is 82.7 Å². The number of carbonyl (C=O) groups is 1. The maximum absolute atomic E-state index is 14.1. The number of anilines is 1. The minimum absolute atomic E-state index is 0.136. The van der Waals surface area contributed by atoms with Crippen molar-refractivity contribution in [1.29, 1.82) is 0 Å². The summed E-state index contributed by atoms with van der Waals surface area (Å²) < 4.78 is 29.1. The summed E-state index contributed by atoms with van der Waals surface area (Å²) in [6, 6.07) is 19.8. The molecule has 6 nitrogen and oxygen atoms in total. The summed E-state index contributed by atoms with van der Waals surface area (Å²) in [7, 11) is 0. The van der Waals surface area contributed by atoms with Crippen LogP contribution < -0.4 is 10.5 Å². The van der Waals surface area contributed by atoms with Crippen molar-refractivity contribution < 1.29 is 13.6 Å². The number of thioether (sulfide) groups is 1. The minimum Gasteiger partial charge on any atom is -0.366 e. The fourth-order valence-corrected chi connectivity index (χ4v) is 5.82. The quantitative estimate of drug-likeness (QED) is 0.153. The number of nitrogens with zero attached hydrogens (tertiary/aromatic N) is 4. The lowest BCUT2D eigenvalue weighted by atomic mass is 10.1. The van der Waals surface area contributed by atoms with Gasteiger partial charge < -0.3 is 9.80 Å². The molecule has 0 bridgehead atoms. The first kappa shape index (κ1) is 26.9. The predicted molar refractivity (Wildman–Crippen MR) is 152 cm³/mol. The molecule has 9 heteroatoms. The van der Waals surface area contributed by atoms with E-state index in [1.165, 1.54) is 34.5 Å². The number of hydrogen-bond acceptors (Lipinski definition) is 5. The molecule has 0 spiro atoms. The lowest BCUT2D eigenvalue weighted by Crippen LogP contribution is -2.49. The van der Waals surface area contributed by atoms with Crippen molar-refractivity contribution >= 4 is 34.3 Å². The second kappa shape index (κ2) is 12.4. The lowest BCUT2D eigenvalue weighted by Gasteiger charge is -2.36. The molecule has 1 amide bonds. The van der Waals surface area contributed by atoms with Crippen LogP contribution in [-0.4, -0.2) is 52.3 Å². The zero-order chi connectivity index (χ0) is 27.2. The third kappa shape index (κ3) is 6.30. The van der Waals surface area contributed by atoms with E-state index in [2.05, 4.69) is 0 Å². The Morgan fingerprint density at radius 1 is 0.846 bits per heavy atom. The molecule has 5 rings (SSSR count). The van der Waals surface area contributed by atoms with Crippen molar-refractivity contribution in [2.75, 3.05) is 36.8 Å². The van der Waals surface area contributed by atoms with Crippen LogP contribution in [0.1, 0.15) is 25.7 Å². The molecule has 1 aromatic heterocycles. The van der Waals surface area contributed by atoms with Gasteiger partial charge in [0.15, 0.2) is 5.16 Å². The summed E-state index contributed by atoms with van der Waals surface area (Å²) in [5.74, 6) is 0.277. The fraction of sp³-hybridized carbons (Fsp3) is 0.300. The van der Waals surface area contributed by atoms with E-state index >= 15 is 0 Å². The average molecular weight is 549 g/mol. The van der Waals surface area contributed by atoms with Crippen LogP contribution >= 0.6 is 11.8 Å². The third-order valence-electron chi connectivity index (χ3n) is 6.92. The highest BCUT2D eigenvalue weighted by atomic mass is 32.2. The molecule has 0 N–H and O–H groups in total. The molecular formula is C30H30F2N4O2S. The largest absolute Gasteiger partial charge is 0.366 e. The topological polar surface area (TPSA) is 58.4 Å². The zero-order valence-corrected chi connectivity index (χ0v) is 22.4. The second-order valence-corrected chi connectivity index (χ2v) is 10.6. The number of para-hydroxylation sites is 2. The molecule has 0 radical (unpaired) electrons. The number of unbranched alkanes of at least 4 members (excludes halogenated alkanes) is 2. The summed E-state index contributed by atoms with van der Waals surface area (Å²) in [4.78, 5) is 34.5. The molecule has 1 aliphatic heterocycles. The van der Waals surface area contributed by atoms with Crippen molar-refractivity contribution in [1.82, 2.24) is 14.5 Å². The van der Waals surface area contributed by atoms with Crippen LogP contribution in [0.4, 0.5) is 14.5 Å². The Morgan fingerprint density at radius 3 is 2.33 bits per heavy atom. The smallest absolute Gasteiger partial charge is 0.266 e. The molecule has 1 aliphatic rings. The van der Waals surface area contributed by atoms with Gasteiger partial charge in [0.2, 0.25) is 5.91 Å². The van der Waals surface area contributed by atoms with Crippen molar-refractivity contribution in [3.05, 3.63) is 94.8 Å². The number of benzene rings is 3. The number of aromatic nitrogens is 2. The highest BCUT2D eigenvalue weighted by molar-refractivity contribution is 7.99. The molecule has 4 aromatic rings. The molecule has 2 heterocycles. The maximum atomic E-state index is 14.1. The Bertz CT molecular complexity index is 1500. The molecule has 202 valence electrons. The highest BCUT2D eigenvalue weighted by Gasteiger charge is 2.22. The number of amides is 1. The first-order valence-electron chi connectivity index (χ1n) is 13.2. The molecule has 0 aliphatic carbocycles. The number of halogens is 2. The summed E-state index contributed by atoms with van der Waals surface area (Å²) in [5, 5.41) is 1.08. The fourth-order valence-electron chi connectivity index (χ4n) is 4.81. The van der Waals surface area contributed by atoms with Gasteiger partial charge in [0.1, 0.15) is 11.6 Å². The summed E-state index contributed by atoms with van der Waals surface area (Å²) in [6.07, 6.45) is 3.01. The summed E-state index contributed by atoms with van der Waals surface area (Å²) in [5.41, 5.74) is 1.61. The predicted octanol–water partition coefficient (Wildman–Crippen LogP) is 5.67. The normalized spacial score (nSPS) is 13.7. The van der Waals surface area contributed by atoms with E-state index in [4.69, 9.17) is 4.98 Å². The third-order valence-corrected chi connectivity index (χ3v) is 7.95. The Balaban J connectivity index is 1.12. The van der Waals surface area contributed by atoms with Crippen LogP contribution in [0.25, 0.3) is 16.6 Å². The van der Waals surface area contributed by atoms with Gasteiger partial charge >= 0.3 is 0 Å². The van der Waals surface area contributed by atoms with Crippen LogP contribution in [0.2, 0.25) is 0 Å². The number of hydrogen-bond donors (Lipinski definition) is 0. The maximum Gasteiger partial charge on any atom is 0.266 e. The number of piperazine rings is 1. The van der Waals surface area contributed by atoms with Crippen LogP contribution in [0.5, 0.6) is 0 Å². The molecule has 39 heavy (non-hydrogen) atoms. The van der Waals surface area contributed by atoms with Gasteiger partial charge in [0.25, 0.3) is 5.56 Å². The van der Waals surface area contributed by atoms with Crippen molar-refractivity contribution in [2.45, 2.75) is 30.8 Å². The molecule has 0 atom stereocenters. The monoisotopic (exact) mass is 548 g/mol. The van der Waals surface area contributed by atoms with Gasteiger partial charge in [-0.05, 0) is 61.4 Å². The number of fused-ring (bicyclic) bond motifs is 1. The van der Waals surface area contributed by atoms with Crippen LogP contribution in [0, 0.1) is 11.6 Å². The standard InChI is InChI=1S/C30H30F2N4O2S/c31-22-13-15-23(16-14-22)36-29(38)24-8-3-5-10-26(24)33-30(36)39-21-7-1-2-12-28(37)35-19-17-34(18-20-35)27-11-6-4-9-25(27)32/h3-6,8-11,13-16H,1-2,7,12,17-21H2. The molecular weight excluding hydrogens is 518 g/mol. The van der Waals surface area contributed by atoms with Gasteiger partial charge in [-0.1, -0.05) is 42.4 Å². The van der Waals surface area contributed by atoms with Gasteiger partial charge in [-0.25, -0.2) is 13.8 Å². The first-order chi connectivity index (χ1) is 19.0. The Morgan fingerprint density at radius 2 is 1.56 bits per heavy atom. The highest BCUT2D eigenvalue weighted by Crippen LogP contribution is 2.24. The van der Waals surface area contributed by atoms with Gasteiger partial charge in [0, 0.05) is 38.4 Å². The molecule has 1 fully saturated rings.